The predicted octanol–water partition coefficient (Wildman–Crippen LogP) is -0.394. The summed E-state index contributed by atoms with van der Waals surface area (Å²) in [6, 6.07) is 0. The molecular weight excluding hydrogens is 136 g/mol. The number of nitrogens with zero attached hydrogens (tertiary/aromatic N) is 1. The van der Waals surface area contributed by atoms with E-state index in [-0.39, 0.29) is 0 Å². The molecule has 1 aromatic heterocycles. The Morgan fingerprint density at radius 3 is 2.91 bits per heavy atom. The average Bonchev–Trinajstić information content (AvgIpc) is 2.32. The number of H-pyrrole nitrogens is 1. The van der Waals surface area contributed by atoms with Crippen LogP contribution in [0.15, 0.2) is 18.9 Å². The van der Waals surface area contributed by atoms with Gasteiger partial charge in [-0.15, -0.1) is 4.68 Å². The van der Waals surface area contributed by atoms with Crippen LogP contribution in [0.1, 0.15) is 6.92 Å². The van der Waals surface area contributed by atoms with E-state index in [1.807, 2.05) is 37.0 Å². The van der Waals surface area contributed by atoms with Gasteiger partial charge in [0.15, 0.2) is 7.05 Å². The minimum absolute atomic E-state index is 1.13. The Bertz CT molecular complexity index is 357. The van der Waals surface area contributed by atoms with Crippen molar-refractivity contribution in [3.8, 4) is 0 Å². The molecule has 0 radical (unpaired) electrons. The Morgan fingerprint density at radius 1 is 1.64 bits per heavy atom. The number of rotatable bonds is 1. The van der Waals surface area contributed by atoms with Gasteiger partial charge in [0.2, 0.25) is 6.20 Å². The maximum absolute atomic E-state index is 3.65. The summed E-state index contributed by atoms with van der Waals surface area (Å²) in [5.41, 5.74) is 0. The summed E-state index contributed by atoms with van der Waals surface area (Å²) >= 11 is 0. The summed E-state index contributed by atoms with van der Waals surface area (Å²) in [5, 5.41) is 5.46. The second-order valence-corrected chi connectivity index (χ2v) is 2.41. The Balaban J connectivity index is 3.47. The molecule has 0 aromatic carbocycles. The maximum atomic E-state index is 3.65. The van der Waals surface area contributed by atoms with Gasteiger partial charge in [0.1, 0.15) is 5.35 Å². The summed E-state index contributed by atoms with van der Waals surface area (Å²) in [6.07, 6.45) is 7.83. The van der Waals surface area contributed by atoms with Crippen molar-refractivity contribution >= 4 is 12.2 Å². The molecule has 11 heavy (non-hydrogen) atoms. The number of aryl methyl sites for hydroxylation is 1. The highest BCUT2D eigenvalue weighted by Gasteiger charge is 1.93. The van der Waals surface area contributed by atoms with Crippen LogP contribution in [-0.2, 0) is 7.05 Å². The summed E-state index contributed by atoms with van der Waals surface area (Å²) in [4.78, 5) is 0. The zero-order valence-electron chi connectivity index (χ0n) is 6.96. The molecule has 0 saturated carbocycles. The molecule has 0 aliphatic rings. The second kappa shape index (κ2) is 3.19. The highest BCUT2D eigenvalue weighted by atomic mass is 15.2. The van der Waals surface area contributed by atoms with Crippen molar-refractivity contribution in [2.75, 3.05) is 0 Å². The molecule has 0 atom stereocenters. The molecule has 1 N–H and O–H groups in total. The van der Waals surface area contributed by atoms with Crippen molar-refractivity contribution in [2.24, 2.45) is 7.05 Å². The second-order valence-electron chi connectivity index (χ2n) is 2.41. The van der Waals surface area contributed by atoms with E-state index in [1.165, 1.54) is 5.22 Å². The van der Waals surface area contributed by atoms with Crippen molar-refractivity contribution in [3.05, 3.63) is 29.4 Å². The van der Waals surface area contributed by atoms with Crippen molar-refractivity contribution in [2.45, 2.75) is 6.92 Å². The largest absolute Gasteiger partial charge is 0.202 e. The molecular formula is C9H13N2+. The maximum Gasteiger partial charge on any atom is 0.202 e. The lowest BCUT2D eigenvalue weighted by atomic mass is 10.4. The van der Waals surface area contributed by atoms with Gasteiger partial charge in [-0.1, -0.05) is 18.7 Å². The number of nitrogens with one attached hydrogen (secondary N) is 1. The van der Waals surface area contributed by atoms with Crippen LogP contribution < -0.4 is 15.2 Å². The zero-order chi connectivity index (χ0) is 8.27. The van der Waals surface area contributed by atoms with Crippen LogP contribution in [0.5, 0.6) is 0 Å². The van der Waals surface area contributed by atoms with Gasteiger partial charge in [-0.05, 0) is 13.0 Å². The molecule has 1 aromatic rings. The number of aromatic nitrogens is 2. The van der Waals surface area contributed by atoms with E-state index in [4.69, 9.17) is 0 Å². The molecule has 0 aliphatic carbocycles. The fourth-order valence-electron chi connectivity index (χ4n) is 1.06. The minimum atomic E-state index is 1.13. The predicted molar refractivity (Wildman–Crippen MR) is 46.0 cm³/mol. The summed E-state index contributed by atoms with van der Waals surface area (Å²) in [5.74, 6) is 0. The summed E-state index contributed by atoms with van der Waals surface area (Å²) < 4.78 is 1.92. The minimum Gasteiger partial charge on any atom is -0.166 e. The molecule has 0 aliphatic heterocycles. The monoisotopic (exact) mass is 149 g/mol. The number of hydrogen-bond donors (Lipinski definition) is 1. The third-order valence-corrected chi connectivity index (χ3v) is 1.53. The van der Waals surface area contributed by atoms with Crippen molar-refractivity contribution in [3.63, 3.8) is 0 Å². The zero-order valence-corrected chi connectivity index (χ0v) is 6.96. The molecule has 0 fully saturated rings. The van der Waals surface area contributed by atoms with E-state index in [9.17, 15) is 0 Å². The number of hydrogen-bond acceptors (Lipinski definition) is 0. The lowest BCUT2D eigenvalue weighted by molar-refractivity contribution is -0.727. The standard InChI is InChI=1S/C9H13N2/c1-4-6-8-7-11(3)10-9(8)5-2/h4-7,10H,1H2,2-3H3/q+1. The highest BCUT2D eigenvalue weighted by Crippen LogP contribution is 1.62. The highest BCUT2D eigenvalue weighted by molar-refractivity contribution is 5.34. The third kappa shape index (κ3) is 1.58. The van der Waals surface area contributed by atoms with Crippen LogP contribution in [-0.4, -0.2) is 5.10 Å². The lowest BCUT2D eigenvalue weighted by Crippen LogP contribution is -2.31. The van der Waals surface area contributed by atoms with Crippen molar-refractivity contribution < 1.29 is 4.68 Å². The smallest absolute Gasteiger partial charge is 0.166 e. The van der Waals surface area contributed by atoms with Crippen LogP contribution in [0.2, 0.25) is 0 Å². The van der Waals surface area contributed by atoms with Gasteiger partial charge in [0.05, 0.1) is 5.22 Å². The van der Waals surface area contributed by atoms with Gasteiger partial charge in [-0.3, -0.25) is 0 Å². The summed E-state index contributed by atoms with van der Waals surface area (Å²) in [7, 11) is 1.97. The normalized spacial score (nSPS) is 14.0. The van der Waals surface area contributed by atoms with Crippen molar-refractivity contribution in [1.82, 2.24) is 5.10 Å². The first-order valence-corrected chi connectivity index (χ1v) is 3.61. The first-order chi connectivity index (χ1) is 5.27. The molecule has 2 nitrogen and oxygen atoms in total. The Labute approximate surface area is 66.2 Å². The molecule has 0 saturated heterocycles. The van der Waals surface area contributed by atoms with Crippen molar-refractivity contribution in [1.29, 1.82) is 0 Å². The Morgan fingerprint density at radius 2 is 2.36 bits per heavy atom. The molecule has 2 heteroatoms. The quantitative estimate of drug-likeness (QED) is 0.525. The van der Waals surface area contributed by atoms with E-state index in [1.54, 1.807) is 6.08 Å². The first-order valence-electron chi connectivity index (χ1n) is 3.61. The SMILES string of the molecule is C=CC=c1c[n+](C)[nH]c1=CC. The summed E-state index contributed by atoms with van der Waals surface area (Å²) in [6.45, 7) is 5.65. The van der Waals surface area contributed by atoms with Crippen LogP contribution in [0.4, 0.5) is 0 Å². The lowest BCUT2D eigenvalue weighted by Gasteiger charge is -1.69. The molecule has 1 rings (SSSR count). The molecule has 58 valence electrons. The number of allylic oxidation sites excluding steroid dienone is 1. The van der Waals surface area contributed by atoms with Crippen LogP contribution in [0, 0.1) is 0 Å². The molecule has 1 heterocycles. The first kappa shape index (κ1) is 7.79. The molecule has 0 spiro atoms. The topological polar surface area (TPSA) is 19.7 Å². The van der Waals surface area contributed by atoms with Gasteiger partial charge in [-0.25, -0.2) is 0 Å². The third-order valence-electron chi connectivity index (χ3n) is 1.53. The fourth-order valence-corrected chi connectivity index (χ4v) is 1.06. The van der Waals surface area contributed by atoms with Gasteiger partial charge < -0.3 is 0 Å². The van der Waals surface area contributed by atoms with Gasteiger partial charge in [-0.2, -0.15) is 5.10 Å². The average molecular weight is 149 g/mol. The van der Waals surface area contributed by atoms with E-state index in [0.29, 0.717) is 0 Å². The Hall–Kier alpha value is -1.31. The van der Waals surface area contributed by atoms with E-state index >= 15 is 0 Å². The fraction of sp³-hybridized carbons (Fsp3) is 0.222. The van der Waals surface area contributed by atoms with Gasteiger partial charge in [0.25, 0.3) is 0 Å². The van der Waals surface area contributed by atoms with Gasteiger partial charge >= 0.3 is 0 Å². The molecule has 0 unspecified atom stereocenters. The van der Waals surface area contributed by atoms with Gasteiger partial charge in [0, 0.05) is 0 Å². The molecule has 0 bridgehead atoms. The number of aromatic amines is 1. The van der Waals surface area contributed by atoms with E-state index < -0.39 is 0 Å². The van der Waals surface area contributed by atoms with Crippen LogP contribution in [0.3, 0.4) is 0 Å². The van der Waals surface area contributed by atoms with E-state index in [0.717, 1.165) is 5.35 Å². The molecule has 0 amide bonds. The van der Waals surface area contributed by atoms with Crippen LogP contribution in [0.25, 0.3) is 12.2 Å². The van der Waals surface area contributed by atoms with Crippen LogP contribution >= 0.6 is 0 Å². The Kier molecular flexibility index (Phi) is 2.26. The van der Waals surface area contributed by atoms with E-state index in [2.05, 4.69) is 11.7 Å².